The van der Waals surface area contributed by atoms with Crippen LogP contribution in [0.5, 0.6) is 0 Å². The van der Waals surface area contributed by atoms with Gasteiger partial charge in [-0.2, -0.15) is 0 Å². The van der Waals surface area contributed by atoms with Crippen LogP contribution in [-0.4, -0.2) is 11.2 Å². The van der Waals surface area contributed by atoms with Crippen LogP contribution in [-0.2, 0) is 0 Å². The van der Waals surface area contributed by atoms with Crippen LogP contribution in [0.1, 0.15) is 27.2 Å². The molecule has 0 spiro atoms. The highest BCUT2D eigenvalue weighted by atomic mass is 16.3. The summed E-state index contributed by atoms with van der Waals surface area (Å²) in [6.45, 7) is 6.10. The first kappa shape index (κ1) is 8.70. The van der Waals surface area contributed by atoms with Gasteiger partial charge in [0.25, 0.3) is 0 Å². The van der Waals surface area contributed by atoms with Gasteiger partial charge in [-0.25, -0.2) is 0 Å². The lowest BCUT2D eigenvalue weighted by Gasteiger charge is -1.96. The molecule has 0 bridgehead atoms. The highest BCUT2D eigenvalue weighted by Gasteiger charge is 2.10. The van der Waals surface area contributed by atoms with Crippen LogP contribution in [0, 0.1) is 5.92 Å². The monoisotopic (exact) mass is 128 g/mol. The Balaban J connectivity index is 0.000000291. The molecular weight excluding hydrogens is 112 g/mol. The van der Waals surface area contributed by atoms with Crippen LogP contribution in [0.2, 0.25) is 0 Å². The third-order valence-corrected chi connectivity index (χ3v) is 1.28. The number of aliphatic hydroxyl groups excluding tert-OH is 1. The Hall–Kier alpha value is -0.300. The van der Waals surface area contributed by atoms with Crippen LogP contribution in [0.3, 0.4) is 0 Å². The number of aliphatic hydroxyl groups is 1. The molecule has 1 rings (SSSR count). The fourth-order valence-electron chi connectivity index (χ4n) is 0.856. The van der Waals surface area contributed by atoms with Crippen LogP contribution in [0.15, 0.2) is 12.2 Å². The fourth-order valence-corrected chi connectivity index (χ4v) is 0.856. The molecule has 54 valence electrons. The Kier molecular flexibility index (Phi) is 4.41. The zero-order valence-electron chi connectivity index (χ0n) is 6.46. The summed E-state index contributed by atoms with van der Waals surface area (Å²) < 4.78 is 0. The number of allylic oxidation sites excluding steroid dienone is 1. The normalized spacial score (nSPS) is 31.6. The second-order valence-corrected chi connectivity index (χ2v) is 2.17. The first-order valence-corrected chi connectivity index (χ1v) is 3.65. The van der Waals surface area contributed by atoms with E-state index in [0.717, 1.165) is 6.42 Å². The maximum Gasteiger partial charge on any atom is 0.0726 e. The molecular formula is C8H16O. The van der Waals surface area contributed by atoms with E-state index < -0.39 is 0 Å². The van der Waals surface area contributed by atoms with Crippen molar-refractivity contribution in [3.05, 3.63) is 12.2 Å². The highest BCUT2D eigenvalue weighted by molar-refractivity contribution is 5.00. The van der Waals surface area contributed by atoms with Crippen LogP contribution in [0.4, 0.5) is 0 Å². The molecule has 0 fully saturated rings. The van der Waals surface area contributed by atoms with E-state index >= 15 is 0 Å². The summed E-state index contributed by atoms with van der Waals surface area (Å²) in [6, 6.07) is 0. The minimum absolute atomic E-state index is 0.157. The van der Waals surface area contributed by atoms with Gasteiger partial charge in [-0.1, -0.05) is 32.9 Å². The molecule has 1 heteroatoms. The maximum absolute atomic E-state index is 8.81. The molecule has 0 heterocycles. The van der Waals surface area contributed by atoms with Gasteiger partial charge in [0.1, 0.15) is 0 Å². The van der Waals surface area contributed by atoms with E-state index in [1.54, 1.807) is 0 Å². The van der Waals surface area contributed by atoms with E-state index in [1.165, 1.54) is 0 Å². The molecule has 1 aliphatic carbocycles. The van der Waals surface area contributed by atoms with Gasteiger partial charge in [0, 0.05) is 0 Å². The fraction of sp³-hybridized carbons (Fsp3) is 0.750. The number of hydrogen-bond acceptors (Lipinski definition) is 1. The first-order chi connectivity index (χ1) is 4.29. The Morgan fingerprint density at radius 3 is 2.00 bits per heavy atom. The molecule has 0 aromatic rings. The van der Waals surface area contributed by atoms with Crippen molar-refractivity contribution in [2.45, 2.75) is 33.3 Å². The zero-order valence-corrected chi connectivity index (χ0v) is 6.46. The standard InChI is InChI=1S/C6H10O.C2H6/c1-5-2-3-6(7)4-5;1-2/h2-3,5-7H,4H2,1H3;1-2H3. The van der Waals surface area contributed by atoms with Crippen LogP contribution >= 0.6 is 0 Å². The molecule has 2 atom stereocenters. The lowest BCUT2D eigenvalue weighted by atomic mass is 10.1. The summed E-state index contributed by atoms with van der Waals surface area (Å²) in [4.78, 5) is 0. The Morgan fingerprint density at radius 1 is 1.33 bits per heavy atom. The van der Waals surface area contributed by atoms with E-state index in [9.17, 15) is 0 Å². The molecule has 0 radical (unpaired) electrons. The molecule has 0 saturated carbocycles. The first-order valence-electron chi connectivity index (χ1n) is 3.65. The van der Waals surface area contributed by atoms with Crippen LogP contribution < -0.4 is 0 Å². The Labute approximate surface area is 57.4 Å². The SMILES string of the molecule is CC.CC1C=CC(O)C1. The second kappa shape index (κ2) is 4.57. The molecule has 9 heavy (non-hydrogen) atoms. The molecule has 0 saturated heterocycles. The predicted octanol–water partition coefficient (Wildman–Crippen LogP) is 1.97. The average molecular weight is 128 g/mol. The second-order valence-electron chi connectivity index (χ2n) is 2.17. The summed E-state index contributed by atoms with van der Waals surface area (Å²) in [6.07, 6.45) is 4.66. The lowest BCUT2D eigenvalue weighted by molar-refractivity contribution is 0.212. The van der Waals surface area contributed by atoms with Crippen molar-refractivity contribution in [3.63, 3.8) is 0 Å². The predicted molar refractivity (Wildman–Crippen MR) is 40.3 cm³/mol. The van der Waals surface area contributed by atoms with Gasteiger partial charge in [0.15, 0.2) is 0 Å². The third kappa shape index (κ3) is 3.31. The molecule has 1 N–H and O–H groups in total. The topological polar surface area (TPSA) is 20.2 Å². The smallest absolute Gasteiger partial charge is 0.0726 e. The minimum Gasteiger partial charge on any atom is -0.389 e. The van der Waals surface area contributed by atoms with Crippen molar-refractivity contribution in [1.82, 2.24) is 0 Å². The Morgan fingerprint density at radius 2 is 1.89 bits per heavy atom. The summed E-state index contributed by atoms with van der Waals surface area (Å²) in [5.74, 6) is 0.593. The van der Waals surface area contributed by atoms with Crippen LogP contribution in [0.25, 0.3) is 0 Å². The van der Waals surface area contributed by atoms with Gasteiger partial charge in [0.05, 0.1) is 6.10 Å². The van der Waals surface area contributed by atoms with Gasteiger partial charge >= 0.3 is 0 Å². The number of rotatable bonds is 0. The van der Waals surface area contributed by atoms with Crippen molar-refractivity contribution < 1.29 is 5.11 Å². The van der Waals surface area contributed by atoms with E-state index in [-0.39, 0.29) is 6.10 Å². The summed E-state index contributed by atoms with van der Waals surface area (Å²) in [7, 11) is 0. The van der Waals surface area contributed by atoms with Gasteiger partial charge in [-0.3, -0.25) is 0 Å². The van der Waals surface area contributed by atoms with E-state index in [2.05, 4.69) is 6.92 Å². The summed E-state index contributed by atoms with van der Waals surface area (Å²) >= 11 is 0. The Bertz CT molecular complexity index is 76.6. The molecule has 1 nitrogen and oxygen atoms in total. The van der Waals surface area contributed by atoms with Gasteiger partial charge in [-0.05, 0) is 12.3 Å². The minimum atomic E-state index is -0.157. The van der Waals surface area contributed by atoms with Crippen molar-refractivity contribution in [1.29, 1.82) is 0 Å². The maximum atomic E-state index is 8.81. The van der Waals surface area contributed by atoms with Gasteiger partial charge in [0.2, 0.25) is 0 Å². The van der Waals surface area contributed by atoms with Crippen molar-refractivity contribution in [3.8, 4) is 0 Å². The lowest BCUT2D eigenvalue weighted by Crippen LogP contribution is -1.97. The average Bonchev–Trinajstić information content (AvgIpc) is 2.20. The van der Waals surface area contributed by atoms with Crippen molar-refractivity contribution in [2.24, 2.45) is 5.92 Å². The molecule has 2 unspecified atom stereocenters. The van der Waals surface area contributed by atoms with Gasteiger partial charge < -0.3 is 5.11 Å². The summed E-state index contributed by atoms with van der Waals surface area (Å²) in [5, 5.41) is 8.81. The third-order valence-electron chi connectivity index (χ3n) is 1.28. The van der Waals surface area contributed by atoms with E-state index in [4.69, 9.17) is 5.11 Å². The van der Waals surface area contributed by atoms with Crippen molar-refractivity contribution >= 4 is 0 Å². The van der Waals surface area contributed by atoms with Gasteiger partial charge in [-0.15, -0.1) is 0 Å². The molecule has 1 aliphatic rings. The molecule has 0 aliphatic heterocycles. The highest BCUT2D eigenvalue weighted by Crippen LogP contribution is 2.15. The zero-order chi connectivity index (χ0) is 7.28. The largest absolute Gasteiger partial charge is 0.389 e. The van der Waals surface area contributed by atoms with E-state index in [1.807, 2.05) is 26.0 Å². The number of hydrogen-bond donors (Lipinski definition) is 1. The molecule has 0 aromatic carbocycles. The summed E-state index contributed by atoms with van der Waals surface area (Å²) in [5.41, 5.74) is 0. The van der Waals surface area contributed by atoms with E-state index in [0.29, 0.717) is 5.92 Å². The van der Waals surface area contributed by atoms with Crippen molar-refractivity contribution in [2.75, 3.05) is 0 Å². The molecule has 0 amide bonds. The quantitative estimate of drug-likeness (QED) is 0.494. The molecule has 0 aromatic heterocycles.